The van der Waals surface area contributed by atoms with Crippen LogP contribution in [0.4, 0.5) is 0 Å². The molecule has 0 aliphatic heterocycles. The fourth-order valence-corrected chi connectivity index (χ4v) is 3.82. The highest BCUT2D eigenvalue weighted by molar-refractivity contribution is 5.88. The molecular formula is C18H20N4. The third kappa shape index (κ3) is 1.61. The summed E-state index contributed by atoms with van der Waals surface area (Å²) in [5, 5.41) is 5.75. The lowest BCUT2D eigenvalue weighted by Crippen LogP contribution is -2.28. The van der Waals surface area contributed by atoms with Crippen molar-refractivity contribution in [2.45, 2.75) is 39.5 Å². The fraction of sp³-hybridized carbons (Fsp3) is 0.389. The van der Waals surface area contributed by atoms with Crippen LogP contribution in [0.3, 0.4) is 0 Å². The second-order valence-electron chi connectivity index (χ2n) is 6.93. The number of aromatic nitrogens is 4. The Morgan fingerprint density at radius 3 is 2.77 bits per heavy atom. The minimum Gasteiger partial charge on any atom is -0.260 e. The van der Waals surface area contributed by atoms with Crippen LogP contribution in [-0.2, 0) is 18.9 Å². The SMILES string of the molecule is Cc1nn(C)c2nc3c(c(C)c12)CC(C)(C)c1ncccc1-3. The molecule has 3 heterocycles. The summed E-state index contributed by atoms with van der Waals surface area (Å²) in [6.07, 6.45) is 2.85. The van der Waals surface area contributed by atoms with E-state index in [1.165, 1.54) is 16.5 Å². The Morgan fingerprint density at radius 2 is 2.00 bits per heavy atom. The number of nitrogens with zero attached hydrogens (tertiary/aromatic N) is 4. The smallest absolute Gasteiger partial charge is 0.158 e. The van der Waals surface area contributed by atoms with E-state index in [1.54, 1.807) is 0 Å². The summed E-state index contributed by atoms with van der Waals surface area (Å²) in [6, 6.07) is 4.14. The molecule has 0 saturated carbocycles. The second kappa shape index (κ2) is 4.15. The molecule has 112 valence electrons. The van der Waals surface area contributed by atoms with Gasteiger partial charge in [-0.05, 0) is 43.5 Å². The van der Waals surface area contributed by atoms with Crippen LogP contribution in [0.5, 0.6) is 0 Å². The predicted molar refractivity (Wildman–Crippen MR) is 87.9 cm³/mol. The van der Waals surface area contributed by atoms with Crippen molar-refractivity contribution in [2.75, 3.05) is 0 Å². The number of aryl methyl sites for hydroxylation is 3. The van der Waals surface area contributed by atoms with Crippen molar-refractivity contribution in [2.24, 2.45) is 7.05 Å². The fourth-order valence-electron chi connectivity index (χ4n) is 3.82. The van der Waals surface area contributed by atoms with Crippen molar-refractivity contribution in [1.29, 1.82) is 0 Å². The average Bonchev–Trinajstić information content (AvgIpc) is 2.76. The molecule has 1 aliphatic rings. The number of fused-ring (bicyclic) bond motifs is 4. The van der Waals surface area contributed by atoms with Crippen molar-refractivity contribution in [3.63, 3.8) is 0 Å². The Hall–Kier alpha value is -2.23. The molecule has 0 spiro atoms. The van der Waals surface area contributed by atoms with Gasteiger partial charge in [-0.15, -0.1) is 0 Å². The molecule has 0 unspecified atom stereocenters. The average molecular weight is 292 g/mol. The van der Waals surface area contributed by atoms with E-state index in [-0.39, 0.29) is 5.41 Å². The van der Waals surface area contributed by atoms with Crippen LogP contribution in [0.15, 0.2) is 18.3 Å². The molecule has 0 fully saturated rings. The third-order valence-electron chi connectivity index (χ3n) is 4.85. The summed E-state index contributed by atoms with van der Waals surface area (Å²) in [7, 11) is 1.96. The Morgan fingerprint density at radius 1 is 1.23 bits per heavy atom. The molecule has 3 aromatic rings. The van der Waals surface area contributed by atoms with Gasteiger partial charge < -0.3 is 0 Å². The zero-order chi connectivity index (χ0) is 15.6. The Kier molecular flexibility index (Phi) is 2.54. The minimum atomic E-state index is 0.0276. The Balaban J connectivity index is 2.16. The lowest BCUT2D eigenvalue weighted by molar-refractivity contribution is 0.498. The van der Waals surface area contributed by atoms with Crippen LogP contribution in [0, 0.1) is 13.8 Å². The quantitative estimate of drug-likeness (QED) is 0.637. The Labute approximate surface area is 130 Å². The number of rotatable bonds is 0. The van der Waals surface area contributed by atoms with Crippen molar-refractivity contribution in [3.8, 4) is 11.3 Å². The zero-order valence-corrected chi connectivity index (χ0v) is 13.7. The molecule has 0 saturated heterocycles. The highest BCUT2D eigenvalue weighted by Gasteiger charge is 2.34. The van der Waals surface area contributed by atoms with E-state index in [0.717, 1.165) is 34.7 Å². The van der Waals surface area contributed by atoms with Crippen molar-refractivity contribution < 1.29 is 0 Å². The third-order valence-corrected chi connectivity index (χ3v) is 4.85. The molecule has 3 aromatic heterocycles. The molecule has 1 aliphatic carbocycles. The highest BCUT2D eigenvalue weighted by atomic mass is 15.3. The molecule has 0 N–H and O–H groups in total. The van der Waals surface area contributed by atoms with Crippen LogP contribution in [0.2, 0.25) is 0 Å². The van der Waals surface area contributed by atoms with E-state index in [9.17, 15) is 0 Å². The van der Waals surface area contributed by atoms with Crippen molar-refractivity contribution >= 4 is 11.0 Å². The Bertz CT molecular complexity index is 918. The minimum absolute atomic E-state index is 0.0276. The summed E-state index contributed by atoms with van der Waals surface area (Å²) < 4.78 is 1.88. The van der Waals surface area contributed by atoms with Gasteiger partial charge in [-0.1, -0.05) is 13.8 Å². The summed E-state index contributed by atoms with van der Waals surface area (Å²) in [6.45, 7) is 8.80. The highest BCUT2D eigenvalue weighted by Crippen LogP contribution is 2.43. The van der Waals surface area contributed by atoms with Crippen LogP contribution in [0.25, 0.3) is 22.3 Å². The van der Waals surface area contributed by atoms with E-state index < -0.39 is 0 Å². The maximum atomic E-state index is 4.96. The van der Waals surface area contributed by atoms with E-state index in [2.05, 4.69) is 43.8 Å². The van der Waals surface area contributed by atoms with Gasteiger partial charge in [0.05, 0.1) is 17.1 Å². The summed E-state index contributed by atoms with van der Waals surface area (Å²) in [5.41, 5.74) is 8.09. The molecule has 4 rings (SSSR count). The molecule has 4 nitrogen and oxygen atoms in total. The zero-order valence-electron chi connectivity index (χ0n) is 13.7. The molecule has 0 amide bonds. The van der Waals surface area contributed by atoms with Gasteiger partial charge in [0.2, 0.25) is 0 Å². The largest absolute Gasteiger partial charge is 0.260 e. The molecular weight excluding hydrogens is 272 g/mol. The monoisotopic (exact) mass is 292 g/mol. The van der Waals surface area contributed by atoms with Gasteiger partial charge >= 0.3 is 0 Å². The van der Waals surface area contributed by atoms with E-state index in [1.807, 2.05) is 24.0 Å². The molecule has 22 heavy (non-hydrogen) atoms. The van der Waals surface area contributed by atoms with Gasteiger partial charge in [0.25, 0.3) is 0 Å². The summed E-state index contributed by atoms with van der Waals surface area (Å²) in [5.74, 6) is 0. The van der Waals surface area contributed by atoms with Gasteiger partial charge in [0.1, 0.15) is 0 Å². The molecule has 0 aromatic carbocycles. The van der Waals surface area contributed by atoms with E-state index in [0.29, 0.717) is 0 Å². The number of hydrogen-bond acceptors (Lipinski definition) is 3. The summed E-state index contributed by atoms with van der Waals surface area (Å²) >= 11 is 0. The molecule has 4 heteroatoms. The summed E-state index contributed by atoms with van der Waals surface area (Å²) in [4.78, 5) is 9.61. The van der Waals surface area contributed by atoms with Crippen molar-refractivity contribution in [1.82, 2.24) is 19.7 Å². The number of pyridine rings is 2. The van der Waals surface area contributed by atoms with Crippen LogP contribution in [0.1, 0.15) is 36.4 Å². The first kappa shape index (κ1) is 13.4. The lowest BCUT2D eigenvalue weighted by Gasteiger charge is -2.33. The van der Waals surface area contributed by atoms with Crippen molar-refractivity contribution in [3.05, 3.63) is 40.8 Å². The molecule has 0 radical (unpaired) electrons. The maximum Gasteiger partial charge on any atom is 0.158 e. The van der Waals surface area contributed by atoms with Gasteiger partial charge in [0.15, 0.2) is 5.65 Å². The van der Waals surface area contributed by atoms with Gasteiger partial charge in [0, 0.05) is 29.6 Å². The number of hydrogen-bond donors (Lipinski definition) is 0. The van der Waals surface area contributed by atoms with E-state index >= 15 is 0 Å². The van der Waals surface area contributed by atoms with Crippen LogP contribution >= 0.6 is 0 Å². The maximum absolute atomic E-state index is 4.96. The normalized spacial score (nSPS) is 15.7. The first-order valence-corrected chi connectivity index (χ1v) is 7.69. The predicted octanol–water partition coefficient (Wildman–Crippen LogP) is 3.48. The first-order valence-electron chi connectivity index (χ1n) is 7.69. The van der Waals surface area contributed by atoms with Gasteiger partial charge in [-0.25, -0.2) is 4.98 Å². The van der Waals surface area contributed by atoms with E-state index in [4.69, 9.17) is 4.98 Å². The topological polar surface area (TPSA) is 43.6 Å². The standard InChI is InChI=1S/C18H20N4/c1-10-13-9-18(3,4)16-12(7-6-8-19-16)15(13)20-17-14(10)11(2)21-22(17)5/h6-8H,9H2,1-5H3. The molecule has 0 bridgehead atoms. The second-order valence-corrected chi connectivity index (χ2v) is 6.93. The lowest BCUT2D eigenvalue weighted by atomic mass is 9.73. The van der Waals surface area contributed by atoms with Gasteiger partial charge in [-0.2, -0.15) is 5.10 Å². The molecule has 0 atom stereocenters. The van der Waals surface area contributed by atoms with Gasteiger partial charge in [-0.3, -0.25) is 9.67 Å². The van der Waals surface area contributed by atoms with Crippen LogP contribution < -0.4 is 0 Å². The first-order chi connectivity index (χ1) is 10.4. The van der Waals surface area contributed by atoms with Crippen LogP contribution in [-0.4, -0.2) is 19.7 Å².